The fourth-order valence-electron chi connectivity index (χ4n) is 21.7. The minimum atomic E-state index is -3.48. The van der Waals surface area contributed by atoms with Crippen LogP contribution in [-0.4, -0.2) is 4.92 Å². The third kappa shape index (κ3) is 0.121. The SMILES string of the molecule is CC[C]12[CH]3[CH]4[C]5(c6ccc([N+](=O)[O-])cc6)[C]1(CC)[Fe]34251678[CH]2[CH]1[CH]6[CH]7[CH]28. The summed E-state index contributed by atoms with van der Waals surface area (Å²) in [5, 5.41) is 11.1. The molecule has 10 saturated heterocycles. The fraction of sp³-hybridized carbons (Fsp3) is 0.700. The number of hydrogen-bond donors (Lipinski definition) is 0. The van der Waals surface area contributed by atoms with Gasteiger partial charge in [0.25, 0.3) is 0 Å². The number of non-ortho nitro benzene ring substituents is 1. The van der Waals surface area contributed by atoms with E-state index in [0.29, 0.717) is 4.31 Å². The summed E-state index contributed by atoms with van der Waals surface area (Å²) >= 11 is 0. The summed E-state index contributed by atoms with van der Waals surface area (Å²) in [5.74, 6) is 0. The average Bonchev–Trinajstić information content (AvgIpc) is 3.54. The first kappa shape index (κ1) is 10.3. The molecule has 0 N–H and O–H groups in total. The molecule has 10 aliphatic heterocycles. The predicted octanol–water partition coefficient (Wildman–Crippen LogP) is 5.95. The molecule has 0 bridgehead atoms. The summed E-state index contributed by atoms with van der Waals surface area (Å²) in [7, 11) is 0. The number of rotatable bonds is 4. The molecule has 10 fully saturated rings. The molecular weight excluding hydrogens is 342 g/mol. The van der Waals surface area contributed by atoms with E-state index in [9.17, 15) is 10.1 Å². The van der Waals surface area contributed by atoms with Crippen LogP contribution in [0, 0.1) is 10.1 Å². The first-order chi connectivity index (χ1) is 11.4. The third-order valence-corrected chi connectivity index (χ3v) is 63.0. The second-order valence-corrected chi connectivity index (χ2v) is 35.7. The number of nitro groups is 1. The molecule has 1 aromatic rings. The van der Waals surface area contributed by atoms with Crippen LogP contribution >= 0.6 is 0 Å². The number of benzene rings is 1. The molecule has 10 aliphatic rings. The summed E-state index contributed by atoms with van der Waals surface area (Å²) in [6, 6.07) is 8.09. The average molecular weight is 363 g/mol. The van der Waals surface area contributed by atoms with Gasteiger partial charge in [-0.3, -0.25) is 0 Å². The van der Waals surface area contributed by atoms with Crippen LogP contribution in [0.2, 0.25) is 42.3 Å². The molecule has 1 aromatic carbocycles. The van der Waals surface area contributed by atoms with E-state index in [1.165, 1.54) is 46.6 Å². The van der Waals surface area contributed by atoms with Crippen molar-refractivity contribution in [3.8, 4) is 0 Å². The minimum absolute atomic E-state index is 0.231. The number of nitro benzene ring substituents is 1. The Morgan fingerprint density at radius 1 is 1.00 bits per heavy atom. The predicted molar refractivity (Wildman–Crippen MR) is 87.0 cm³/mol. The van der Waals surface area contributed by atoms with Gasteiger partial charge < -0.3 is 0 Å². The van der Waals surface area contributed by atoms with Crippen LogP contribution in [0.25, 0.3) is 0 Å². The first-order valence-corrected chi connectivity index (χ1v) is 15.9. The van der Waals surface area contributed by atoms with Crippen LogP contribution < -0.4 is 0 Å². The molecule has 11 rings (SSSR count). The van der Waals surface area contributed by atoms with Gasteiger partial charge in [0.1, 0.15) is 0 Å². The molecule has 5 unspecified atom stereocenters. The van der Waals surface area contributed by atoms with Crippen LogP contribution in [0.1, 0.15) is 32.3 Å². The van der Waals surface area contributed by atoms with E-state index in [-0.39, 0.29) is 10.6 Å². The zero-order valence-electron chi connectivity index (χ0n) is 13.9. The van der Waals surface area contributed by atoms with Gasteiger partial charge in [-0.2, -0.15) is 0 Å². The van der Waals surface area contributed by atoms with Crippen LogP contribution in [0.15, 0.2) is 24.3 Å². The van der Waals surface area contributed by atoms with E-state index in [0.717, 1.165) is 8.63 Å². The number of nitrogens with zero attached hydrogens (tertiary/aromatic N) is 1. The molecule has 5 atom stereocenters. The van der Waals surface area contributed by atoms with Crippen molar-refractivity contribution in [3.05, 3.63) is 39.9 Å². The van der Waals surface area contributed by atoms with Crippen LogP contribution in [0.3, 0.4) is 0 Å². The summed E-state index contributed by atoms with van der Waals surface area (Å²) in [6.07, 6.45) is 2.96. The monoisotopic (exact) mass is 363 g/mol. The van der Waals surface area contributed by atoms with Crippen molar-refractivity contribution in [2.24, 2.45) is 0 Å². The summed E-state index contributed by atoms with van der Waals surface area (Å²) < 4.78 is 2.35. The molecule has 0 aliphatic carbocycles. The van der Waals surface area contributed by atoms with Gasteiger partial charge in [-0.1, -0.05) is 0 Å². The van der Waals surface area contributed by atoms with Crippen molar-refractivity contribution in [2.75, 3.05) is 0 Å². The second-order valence-electron chi connectivity index (χ2n) is 12.6. The summed E-state index contributed by atoms with van der Waals surface area (Å²) in [5.41, 5.74) is 1.88. The molecule has 0 radical (unpaired) electrons. The van der Waals surface area contributed by atoms with E-state index in [1.807, 2.05) is 12.1 Å². The van der Waals surface area contributed by atoms with E-state index >= 15 is 0 Å². The summed E-state index contributed by atoms with van der Waals surface area (Å²) in [6.45, 7) is 1.60. The Kier molecular flexibility index (Phi) is 0.442. The van der Waals surface area contributed by atoms with Gasteiger partial charge in [0.2, 0.25) is 0 Å². The van der Waals surface area contributed by atoms with Crippen LogP contribution in [0.5, 0.6) is 0 Å². The van der Waals surface area contributed by atoms with Gasteiger partial charge in [0.15, 0.2) is 0 Å². The Bertz CT molecular complexity index is 1400. The molecule has 0 amide bonds. The Morgan fingerprint density at radius 3 is 1.96 bits per heavy atom. The quantitative estimate of drug-likeness (QED) is 0.377. The molecule has 0 aromatic heterocycles. The zero-order valence-corrected chi connectivity index (χ0v) is 15.0. The standard InChI is InChI=1S/C15H16NO2.C5H5.Fe/c1-3-11-7-10-15(14(11)4-2)12-5-8-13(9-6-12)16(17)18;1-2-4-5-3-1;/h5-10H,3-4H2,1-2H3;1-5H;. The van der Waals surface area contributed by atoms with E-state index in [2.05, 4.69) is 26.0 Å². The maximum absolute atomic E-state index is 11.1. The van der Waals surface area contributed by atoms with Gasteiger partial charge in [-0.15, -0.1) is 0 Å². The van der Waals surface area contributed by atoms with Gasteiger partial charge >= 0.3 is 130 Å². The summed E-state index contributed by atoms with van der Waals surface area (Å²) in [4.78, 5) is 19.7. The van der Waals surface area contributed by atoms with Crippen molar-refractivity contribution in [3.63, 3.8) is 0 Å². The first-order valence-electron chi connectivity index (χ1n) is 9.82. The Morgan fingerprint density at radius 2 is 1.58 bits per heavy atom. The fourth-order valence-corrected chi connectivity index (χ4v) is 103. The molecule has 1 spiro atoms. The third-order valence-electron chi connectivity index (χ3n) is 18.2. The molecule has 10 heterocycles. The van der Waals surface area contributed by atoms with Crippen molar-refractivity contribution in [1.82, 2.24) is 0 Å². The van der Waals surface area contributed by atoms with E-state index in [4.69, 9.17) is 0 Å². The zero-order chi connectivity index (χ0) is 15.8. The number of fused-ring (bicyclic) bond motifs is 10. The molecule has 126 valence electrons. The second kappa shape index (κ2) is 1.03. The van der Waals surface area contributed by atoms with E-state index < -0.39 is 6.51 Å². The van der Waals surface area contributed by atoms with Crippen molar-refractivity contribution in [2.45, 2.75) is 73.3 Å². The van der Waals surface area contributed by atoms with Crippen molar-refractivity contribution in [1.29, 1.82) is 0 Å². The topological polar surface area (TPSA) is 43.1 Å². The van der Waals surface area contributed by atoms with Gasteiger partial charge in [-0.05, 0) is 0 Å². The number of hydrogen-bond acceptors (Lipinski definition) is 2. The van der Waals surface area contributed by atoms with Crippen molar-refractivity contribution >= 4 is 5.69 Å². The Balaban J connectivity index is 1.38. The van der Waals surface area contributed by atoms with Gasteiger partial charge in [-0.25, -0.2) is 0 Å². The molecule has 3 nitrogen and oxygen atoms in total. The Labute approximate surface area is 130 Å². The van der Waals surface area contributed by atoms with Crippen LogP contribution in [-0.2, 0) is 10.8 Å². The van der Waals surface area contributed by atoms with Gasteiger partial charge in [0.05, 0.1) is 0 Å². The normalized spacial score (nSPS) is 93.8. The Hall–Kier alpha value is -0.861. The molecular formula is C20H21FeNO2. The van der Waals surface area contributed by atoms with Gasteiger partial charge in [0, 0.05) is 0 Å². The van der Waals surface area contributed by atoms with Crippen LogP contribution in [0.4, 0.5) is 5.69 Å². The van der Waals surface area contributed by atoms with Crippen molar-refractivity contribution < 1.29 is 11.4 Å². The molecule has 4 heteroatoms. The van der Waals surface area contributed by atoms with E-state index in [1.54, 1.807) is 5.56 Å². The molecule has 0 saturated carbocycles. The maximum atomic E-state index is 11.1. The molecule has 24 heavy (non-hydrogen) atoms.